The summed E-state index contributed by atoms with van der Waals surface area (Å²) in [6.45, 7) is 10.8. The van der Waals surface area contributed by atoms with Crippen LogP contribution in [0.25, 0.3) is 31.3 Å². The molecule has 3 unspecified atom stereocenters. The summed E-state index contributed by atoms with van der Waals surface area (Å²) >= 11 is 3.85. The summed E-state index contributed by atoms with van der Waals surface area (Å²) in [5.41, 5.74) is 10.1. The number of aryl methyl sites for hydroxylation is 3. The van der Waals surface area contributed by atoms with E-state index in [1.54, 1.807) is 0 Å². The second-order valence-corrected chi connectivity index (χ2v) is 23.9. The first-order valence-corrected chi connectivity index (χ1v) is 31.6. The van der Waals surface area contributed by atoms with Crippen molar-refractivity contribution in [3.63, 3.8) is 0 Å². The monoisotopic (exact) mass is 1080 g/mol. The van der Waals surface area contributed by atoms with Gasteiger partial charge in [-0.3, -0.25) is 0 Å². The Labute approximate surface area is 474 Å². The molecule has 2 aromatic heterocycles. The number of hydrogen-bond donors (Lipinski definition) is 0. The minimum Gasteiger partial charge on any atom is -0.379 e. The van der Waals surface area contributed by atoms with E-state index in [0.29, 0.717) is 12.7 Å². The van der Waals surface area contributed by atoms with Crippen molar-refractivity contribution < 1.29 is 18.9 Å². The van der Waals surface area contributed by atoms with Crippen LogP contribution in [0.5, 0.6) is 0 Å². The molecule has 78 heavy (non-hydrogen) atoms. The van der Waals surface area contributed by atoms with Crippen LogP contribution in [0.3, 0.4) is 0 Å². The topological polar surface area (TPSA) is 50.0 Å². The standard InChI is InChI=1S/C70H84N2O4S2/c1-4-7-10-15-23-52-31-39-56(40-32-52)71(57-41-35-54(36-42-57)25-17-12-13-22-47-73-48-60-49-74-60)69-64-28-20-18-26-62(64)67(77-69)68-63-27-19-21-29-65(63)70(78-68)72(58-43-33-53(34-44-58)24-16-11-8-5-2)59-45-37-55(38-46-59)66(30-14-9-6-3)76-51-61-50-75-61/h18-21,26-29,31-46,60-61,66H,4-17,22-25,30,47-51H2,1-3H3. The molecule has 0 bridgehead atoms. The lowest BCUT2D eigenvalue weighted by Crippen LogP contribution is -2.11. The summed E-state index contributed by atoms with van der Waals surface area (Å²) < 4.78 is 23.2. The fourth-order valence-electron chi connectivity index (χ4n) is 10.9. The maximum atomic E-state index is 6.57. The van der Waals surface area contributed by atoms with Crippen molar-refractivity contribution in [2.75, 3.05) is 42.8 Å². The van der Waals surface area contributed by atoms with Crippen molar-refractivity contribution >= 4 is 77.0 Å². The molecule has 4 heterocycles. The van der Waals surface area contributed by atoms with Gasteiger partial charge in [-0.05, 0) is 122 Å². The van der Waals surface area contributed by atoms with Crippen LogP contribution in [0.1, 0.15) is 152 Å². The third kappa shape index (κ3) is 14.9. The predicted octanol–water partition coefficient (Wildman–Crippen LogP) is 20.5. The molecule has 2 aliphatic heterocycles. The maximum absolute atomic E-state index is 6.57. The summed E-state index contributed by atoms with van der Waals surface area (Å²) in [4.78, 5) is 7.65. The Kier molecular flexibility index (Phi) is 20.6. The molecule has 2 fully saturated rings. The van der Waals surface area contributed by atoms with Crippen LogP contribution >= 0.6 is 22.7 Å². The van der Waals surface area contributed by atoms with E-state index < -0.39 is 0 Å². The van der Waals surface area contributed by atoms with Crippen LogP contribution < -0.4 is 9.80 Å². The van der Waals surface area contributed by atoms with Gasteiger partial charge >= 0.3 is 0 Å². The molecule has 0 spiro atoms. The number of rotatable bonds is 34. The van der Waals surface area contributed by atoms with Gasteiger partial charge in [0.15, 0.2) is 0 Å². The highest BCUT2D eigenvalue weighted by Crippen LogP contribution is 2.55. The summed E-state index contributed by atoms with van der Waals surface area (Å²) in [6, 6.07) is 55.8. The van der Waals surface area contributed by atoms with Crippen LogP contribution in [0, 0.1) is 0 Å². The summed E-state index contributed by atoms with van der Waals surface area (Å²) in [6.07, 6.45) is 23.3. The van der Waals surface area contributed by atoms with Crippen molar-refractivity contribution in [3.05, 3.63) is 168 Å². The Hall–Kier alpha value is -5.32. The van der Waals surface area contributed by atoms with Gasteiger partial charge in [-0.25, -0.2) is 0 Å². The minimum atomic E-state index is 0.0514. The molecule has 8 heteroatoms. The first-order valence-electron chi connectivity index (χ1n) is 30.0. The van der Waals surface area contributed by atoms with Gasteiger partial charge in [0.1, 0.15) is 22.2 Å². The normalized spacial score (nSPS) is 15.3. The van der Waals surface area contributed by atoms with Gasteiger partial charge in [-0.1, -0.05) is 188 Å². The number of thiophene rings is 2. The van der Waals surface area contributed by atoms with Crippen molar-refractivity contribution in [2.45, 2.75) is 161 Å². The van der Waals surface area contributed by atoms with Crippen molar-refractivity contribution in [3.8, 4) is 9.75 Å². The quantitative estimate of drug-likeness (QED) is 0.0296. The molecule has 0 radical (unpaired) electrons. The molecule has 0 saturated carbocycles. The zero-order valence-corrected chi connectivity index (χ0v) is 48.5. The molecule has 0 aliphatic carbocycles. The van der Waals surface area contributed by atoms with Crippen LogP contribution in [0.2, 0.25) is 0 Å². The third-order valence-electron chi connectivity index (χ3n) is 15.7. The first kappa shape index (κ1) is 56.0. The molecular formula is C70H84N2O4S2. The molecule has 2 aliphatic rings. The molecule has 8 aromatic rings. The first-order chi connectivity index (χ1) is 38.6. The Morgan fingerprint density at radius 3 is 1.26 bits per heavy atom. The number of ether oxygens (including phenoxy) is 4. The molecule has 3 atom stereocenters. The number of anilines is 6. The number of epoxide rings is 2. The van der Waals surface area contributed by atoms with Gasteiger partial charge in [0.25, 0.3) is 0 Å². The summed E-state index contributed by atoms with van der Waals surface area (Å²) in [5, 5.41) is 7.55. The molecule has 2 saturated heterocycles. The van der Waals surface area contributed by atoms with E-state index in [9.17, 15) is 0 Å². The van der Waals surface area contributed by atoms with Gasteiger partial charge in [-0.15, -0.1) is 22.7 Å². The van der Waals surface area contributed by atoms with Crippen LogP contribution in [-0.4, -0.2) is 45.2 Å². The zero-order chi connectivity index (χ0) is 53.3. The van der Waals surface area contributed by atoms with Gasteiger partial charge in [0.05, 0.1) is 42.3 Å². The number of fused-ring (bicyclic) bond motifs is 2. The minimum absolute atomic E-state index is 0.0514. The molecular weight excluding hydrogens is 997 g/mol. The van der Waals surface area contributed by atoms with E-state index >= 15 is 0 Å². The van der Waals surface area contributed by atoms with E-state index in [-0.39, 0.29) is 12.2 Å². The second kappa shape index (κ2) is 28.7. The lowest BCUT2D eigenvalue weighted by atomic mass is 10.0. The Morgan fingerprint density at radius 1 is 0.436 bits per heavy atom. The highest BCUT2D eigenvalue weighted by atomic mass is 32.1. The molecule has 0 amide bonds. The molecule has 10 rings (SSSR count). The average Bonchev–Trinajstić information content (AvgIpc) is 4.54. The SMILES string of the molecule is CCCCCCc1ccc(N(c2ccc(CCCCCCOCC3CO3)cc2)c2sc(-c3sc(N(c4ccc(CCCCCC)cc4)c4ccc(C(CCCCC)OCC5CO5)cc4)c4ccccc34)c3ccccc23)cc1. The van der Waals surface area contributed by atoms with E-state index in [2.05, 4.69) is 176 Å². The highest BCUT2D eigenvalue weighted by Gasteiger charge is 2.28. The summed E-state index contributed by atoms with van der Waals surface area (Å²) in [5.74, 6) is 0. The van der Waals surface area contributed by atoms with Gasteiger partial charge in [0.2, 0.25) is 0 Å². The Morgan fingerprint density at radius 2 is 0.821 bits per heavy atom. The Balaban J connectivity index is 1.00. The largest absolute Gasteiger partial charge is 0.379 e. The fourth-order valence-corrected chi connectivity index (χ4v) is 13.7. The molecule has 410 valence electrons. The average molecular weight is 1080 g/mol. The number of unbranched alkanes of at least 4 members (excludes halogenated alkanes) is 11. The van der Waals surface area contributed by atoms with Crippen molar-refractivity contribution in [1.29, 1.82) is 0 Å². The van der Waals surface area contributed by atoms with E-state index in [1.165, 1.54) is 164 Å². The second-order valence-electron chi connectivity index (χ2n) is 21.9. The van der Waals surface area contributed by atoms with Crippen molar-refractivity contribution in [2.24, 2.45) is 0 Å². The maximum Gasteiger partial charge on any atom is 0.109 e. The van der Waals surface area contributed by atoms with Crippen LogP contribution in [-0.2, 0) is 38.2 Å². The van der Waals surface area contributed by atoms with Crippen molar-refractivity contribution in [1.82, 2.24) is 0 Å². The predicted molar refractivity (Wildman–Crippen MR) is 333 cm³/mol. The Bertz CT molecular complexity index is 3050. The number of hydrogen-bond acceptors (Lipinski definition) is 8. The smallest absolute Gasteiger partial charge is 0.109 e. The molecule has 6 aromatic carbocycles. The van der Waals surface area contributed by atoms with Gasteiger partial charge in [0, 0.05) is 50.9 Å². The number of benzene rings is 6. The lowest BCUT2D eigenvalue weighted by Gasteiger charge is -2.26. The third-order valence-corrected chi connectivity index (χ3v) is 18.3. The summed E-state index contributed by atoms with van der Waals surface area (Å²) in [7, 11) is 0. The molecule has 6 nitrogen and oxygen atoms in total. The van der Waals surface area contributed by atoms with Gasteiger partial charge < -0.3 is 28.7 Å². The van der Waals surface area contributed by atoms with E-state index in [4.69, 9.17) is 18.9 Å². The van der Waals surface area contributed by atoms with Crippen LogP contribution in [0.4, 0.5) is 32.8 Å². The lowest BCUT2D eigenvalue weighted by molar-refractivity contribution is 0.0347. The molecule has 0 N–H and O–H groups in total. The zero-order valence-electron chi connectivity index (χ0n) is 46.9. The van der Waals surface area contributed by atoms with Crippen LogP contribution in [0.15, 0.2) is 146 Å². The van der Waals surface area contributed by atoms with E-state index in [0.717, 1.165) is 70.6 Å². The van der Waals surface area contributed by atoms with E-state index in [1.807, 2.05) is 22.7 Å². The number of nitrogens with zero attached hydrogens (tertiary/aromatic N) is 2. The van der Waals surface area contributed by atoms with Gasteiger partial charge in [-0.2, -0.15) is 0 Å². The highest BCUT2D eigenvalue weighted by molar-refractivity contribution is 7.28. The fraction of sp³-hybridized carbons (Fsp3) is 0.429.